The smallest absolute Gasteiger partial charge is 0.274 e. The number of ether oxygens (including phenoxy) is 1. The molecule has 1 aromatic rings. The number of rotatable bonds is 2. The summed E-state index contributed by atoms with van der Waals surface area (Å²) in [6.45, 7) is 2.52. The SMILES string of the molecule is NNc1cncc(C(=O)N2CCCOCC2)n1. The molecular formula is C10H15N5O2. The number of hydrazine groups is 1. The summed E-state index contributed by atoms with van der Waals surface area (Å²) in [5, 5.41) is 0. The predicted molar refractivity (Wildman–Crippen MR) is 61.2 cm³/mol. The van der Waals surface area contributed by atoms with Crippen LogP contribution in [0.3, 0.4) is 0 Å². The number of hydrogen-bond acceptors (Lipinski definition) is 6. The fourth-order valence-electron chi connectivity index (χ4n) is 1.65. The second-order valence-electron chi connectivity index (χ2n) is 3.69. The van der Waals surface area contributed by atoms with Gasteiger partial charge in [-0.2, -0.15) is 0 Å². The summed E-state index contributed by atoms with van der Waals surface area (Å²) in [4.78, 5) is 21.8. The third-order valence-corrected chi connectivity index (χ3v) is 2.51. The van der Waals surface area contributed by atoms with Crippen LogP contribution in [0.15, 0.2) is 12.4 Å². The molecule has 0 radical (unpaired) electrons. The Morgan fingerprint density at radius 1 is 1.41 bits per heavy atom. The molecule has 1 fully saturated rings. The molecule has 17 heavy (non-hydrogen) atoms. The molecular weight excluding hydrogens is 222 g/mol. The largest absolute Gasteiger partial charge is 0.380 e. The highest BCUT2D eigenvalue weighted by Crippen LogP contribution is 2.07. The molecule has 7 heteroatoms. The summed E-state index contributed by atoms with van der Waals surface area (Å²) in [5.74, 6) is 5.46. The van der Waals surface area contributed by atoms with Crippen molar-refractivity contribution >= 4 is 11.7 Å². The van der Waals surface area contributed by atoms with Crippen molar-refractivity contribution in [2.45, 2.75) is 6.42 Å². The average molecular weight is 237 g/mol. The van der Waals surface area contributed by atoms with Gasteiger partial charge < -0.3 is 15.1 Å². The van der Waals surface area contributed by atoms with Gasteiger partial charge >= 0.3 is 0 Å². The van der Waals surface area contributed by atoms with Gasteiger partial charge in [-0.15, -0.1) is 0 Å². The average Bonchev–Trinajstić information content (AvgIpc) is 2.67. The van der Waals surface area contributed by atoms with E-state index in [1.807, 2.05) is 0 Å². The zero-order chi connectivity index (χ0) is 12.1. The maximum Gasteiger partial charge on any atom is 0.274 e. The van der Waals surface area contributed by atoms with Crippen LogP contribution in [0, 0.1) is 0 Å². The molecule has 0 bridgehead atoms. The molecule has 1 saturated heterocycles. The van der Waals surface area contributed by atoms with E-state index in [2.05, 4.69) is 15.4 Å². The van der Waals surface area contributed by atoms with Gasteiger partial charge in [0.25, 0.3) is 5.91 Å². The van der Waals surface area contributed by atoms with Crippen LogP contribution in [-0.2, 0) is 4.74 Å². The van der Waals surface area contributed by atoms with Crippen molar-refractivity contribution in [2.24, 2.45) is 5.84 Å². The van der Waals surface area contributed by atoms with E-state index in [0.29, 0.717) is 37.8 Å². The summed E-state index contributed by atoms with van der Waals surface area (Å²) in [5.41, 5.74) is 2.66. The zero-order valence-electron chi connectivity index (χ0n) is 9.43. The quantitative estimate of drug-likeness (QED) is 0.538. The zero-order valence-corrected chi connectivity index (χ0v) is 9.43. The summed E-state index contributed by atoms with van der Waals surface area (Å²) >= 11 is 0. The van der Waals surface area contributed by atoms with Gasteiger partial charge in [-0.25, -0.2) is 10.8 Å². The van der Waals surface area contributed by atoms with E-state index in [0.717, 1.165) is 6.42 Å². The highest BCUT2D eigenvalue weighted by atomic mass is 16.5. The maximum atomic E-state index is 12.1. The van der Waals surface area contributed by atoms with E-state index >= 15 is 0 Å². The number of amides is 1. The van der Waals surface area contributed by atoms with Gasteiger partial charge in [-0.05, 0) is 6.42 Å². The summed E-state index contributed by atoms with van der Waals surface area (Å²) in [6, 6.07) is 0. The third-order valence-electron chi connectivity index (χ3n) is 2.51. The number of carbonyl (C=O) groups is 1. The fourth-order valence-corrected chi connectivity index (χ4v) is 1.65. The Bertz CT molecular complexity index is 390. The minimum Gasteiger partial charge on any atom is -0.380 e. The minimum atomic E-state index is -0.139. The number of carbonyl (C=O) groups excluding carboxylic acids is 1. The molecule has 92 valence electrons. The first-order valence-corrected chi connectivity index (χ1v) is 5.47. The second-order valence-corrected chi connectivity index (χ2v) is 3.69. The van der Waals surface area contributed by atoms with Crippen LogP contribution in [0.5, 0.6) is 0 Å². The van der Waals surface area contributed by atoms with Crippen molar-refractivity contribution in [3.63, 3.8) is 0 Å². The fraction of sp³-hybridized carbons (Fsp3) is 0.500. The van der Waals surface area contributed by atoms with Crippen LogP contribution in [-0.4, -0.2) is 47.1 Å². The molecule has 1 aliphatic rings. The van der Waals surface area contributed by atoms with Crippen molar-refractivity contribution in [3.05, 3.63) is 18.1 Å². The van der Waals surface area contributed by atoms with E-state index in [-0.39, 0.29) is 5.91 Å². The second kappa shape index (κ2) is 5.55. The monoisotopic (exact) mass is 237 g/mol. The Labute approximate surface area is 98.9 Å². The number of nitrogens with two attached hydrogens (primary N) is 1. The van der Waals surface area contributed by atoms with Crippen LogP contribution in [0.2, 0.25) is 0 Å². The van der Waals surface area contributed by atoms with Gasteiger partial charge in [0.05, 0.1) is 19.0 Å². The van der Waals surface area contributed by atoms with Gasteiger partial charge in [-0.1, -0.05) is 0 Å². The molecule has 0 aliphatic carbocycles. The number of nitrogen functional groups attached to an aromatic ring is 1. The number of hydrogen-bond donors (Lipinski definition) is 2. The lowest BCUT2D eigenvalue weighted by Crippen LogP contribution is -2.34. The van der Waals surface area contributed by atoms with Crippen LogP contribution < -0.4 is 11.3 Å². The lowest BCUT2D eigenvalue weighted by Gasteiger charge is -2.18. The number of aromatic nitrogens is 2. The van der Waals surface area contributed by atoms with E-state index in [1.165, 1.54) is 12.4 Å². The molecule has 1 aliphatic heterocycles. The Morgan fingerprint density at radius 2 is 2.29 bits per heavy atom. The standard InChI is InChI=1S/C10H15N5O2/c11-14-9-7-12-6-8(13-9)10(16)15-2-1-4-17-5-3-15/h6-7H,1-5,11H2,(H,13,14). The van der Waals surface area contributed by atoms with E-state index in [4.69, 9.17) is 10.6 Å². The van der Waals surface area contributed by atoms with E-state index < -0.39 is 0 Å². The molecule has 0 aromatic carbocycles. The van der Waals surface area contributed by atoms with Gasteiger partial charge in [0, 0.05) is 19.7 Å². The summed E-state index contributed by atoms with van der Waals surface area (Å²) in [6.07, 6.45) is 3.74. The molecule has 0 spiro atoms. The van der Waals surface area contributed by atoms with Crippen molar-refractivity contribution in [1.82, 2.24) is 14.9 Å². The lowest BCUT2D eigenvalue weighted by atomic mass is 10.3. The van der Waals surface area contributed by atoms with E-state index in [1.54, 1.807) is 4.90 Å². The van der Waals surface area contributed by atoms with Gasteiger partial charge in [0.2, 0.25) is 0 Å². The Hall–Kier alpha value is -1.73. The van der Waals surface area contributed by atoms with Gasteiger partial charge in [0.1, 0.15) is 5.69 Å². The van der Waals surface area contributed by atoms with E-state index in [9.17, 15) is 4.79 Å². The van der Waals surface area contributed by atoms with Crippen molar-refractivity contribution in [3.8, 4) is 0 Å². The highest BCUT2D eigenvalue weighted by molar-refractivity contribution is 5.92. The number of nitrogens with one attached hydrogen (secondary N) is 1. The van der Waals surface area contributed by atoms with Crippen molar-refractivity contribution in [2.75, 3.05) is 31.7 Å². The van der Waals surface area contributed by atoms with Gasteiger partial charge in [0.15, 0.2) is 5.82 Å². The van der Waals surface area contributed by atoms with Gasteiger partial charge in [-0.3, -0.25) is 9.78 Å². The molecule has 2 heterocycles. The summed E-state index contributed by atoms with van der Waals surface area (Å²) in [7, 11) is 0. The minimum absolute atomic E-state index is 0.139. The normalized spacial score (nSPS) is 16.4. The number of nitrogens with zero attached hydrogens (tertiary/aromatic N) is 3. The molecule has 7 nitrogen and oxygen atoms in total. The summed E-state index contributed by atoms with van der Waals surface area (Å²) < 4.78 is 5.29. The Balaban J connectivity index is 2.11. The Morgan fingerprint density at radius 3 is 3.12 bits per heavy atom. The molecule has 0 unspecified atom stereocenters. The molecule has 1 amide bonds. The molecule has 2 rings (SSSR count). The van der Waals surface area contributed by atoms with Crippen molar-refractivity contribution in [1.29, 1.82) is 0 Å². The van der Waals surface area contributed by atoms with Crippen molar-refractivity contribution < 1.29 is 9.53 Å². The topological polar surface area (TPSA) is 93.4 Å². The molecule has 3 N–H and O–H groups in total. The number of anilines is 1. The third kappa shape index (κ3) is 2.89. The van der Waals surface area contributed by atoms with Crippen LogP contribution in [0.25, 0.3) is 0 Å². The maximum absolute atomic E-state index is 12.1. The molecule has 0 atom stereocenters. The molecule has 1 aromatic heterocycles. The first-order chi connectivity index (χ1) is 8.31. The Kier molecular flexibility index (Phi) is 3.84. The molecule has 0 saturated carbocycles. The first-order valence-electron chi connectivity index (χ1n) is 5.47. The first kappa shape index (κ1) is 11.7. The predicted octanol–water partition coefficient (Wildman–Crippen LogP) is -0.375. The van der Waals surface area contributed by atoms with Crippen LogP contribution in [0.1, 0.15) is 16.9 Å². The lowest BCUT2D eigenvalue weighted by molar-refractivity contribution is 0.0735. The van der Waals surface area contributed by atoms with Crippen LogP contribution >= 0.6 is 0 Å². The highest BCUT2D eigenvalue weighted by Gasteiger charge is 2.19. The van der Waals surface area contributed by atoms with Crippen LogP contribution in [0.4, 0.5) is 5.82 Å².